The summed E-state index contributed by atoms with van der Waals surface area (Å²) < 4.78 is 4.00. The molecule has 2 atom stereocenters. The summed E-state index contributed by atoms with van der Waals surface area (Å²) in [5.41, 5.74) is 6.15. The van der Waals surface area contributed by atoms with Gasteiger partial charge < -0.3 is 0 Å². The molecule has 0 radical (unpaired) electrons. The van der Waals surface area contributed by atoms with Crippen LogP contribution in [0.5, 0.6) is 0 Å². The van der Waals surface area contributed by atoms with Gasteiger partial charge in [-0.1, -0.05) is 20.8 Å². The van der Waals surface area contributed by atoms with E-state index in [-0.39, 0.29) is 5.41 Å². The molecule has 5 heterocycles. The average Bonchev–Trinajstić information content (AvgIpc) is 3.25. The molecule has 1 fully saturated rings. The van der Waals surface area contributed by atoms with Crippen LogP contribution in [-0.4, -0.2) is 35.3 Å². The van der Waals surface area contributed by atoms with Crippen molar-refractivity contribution in [2.24, 2.45) is 7.05 Å². The Morgan fingerprint density at radius 1 is 1.19 bits per heavy atom. The van der Waals surface area contributed by atoms with Gasteiger partial charge in [0.1, 0.15) is 0 Å². The van der Waals surface area contributed by atoms with Crippen LogP contribution in [0.1, 0.15) is 62.2 Å². The Kier molecular flexibility index (Phi) is 3.32. The second-order valence-electron chi connectivity index (χ2n) is 8.86. The lowest BCUT2D eigenvalue weighted by molar-refractivity contribution is 0.165. The normalized spacial score (nSPS) is 22.9. The third kappa shape index (κ3) is 2.39. The van der Waals surface area contributed by atoms with Gasteiger partial charge in [-0.25, -0.2) is 9.50 Å². The van der Waals surface area contributed by atoms with E-state index in [0.717, 1.165) is 24.3 Å². The van der Waals surface area contributed by atoms with Crippen molar-refractivity contribution in [2.45, 2.75) is 64.1 Å². The molecule has 0 amide bonds. The third-order valence-electron chi connectivity index (χ3n) is 5.94. The lowest BCUT2D eigenvalue weighted by Gasteiger charge is -2.35. The molecule has 0 spiro atoms. The zero-order chi connectivity index (χ0) is 18.1. The number of aromatic nitrogens is 5. The Hall–Kier alpha value is -2.21. The van der Waals surface area contributed by atoms with Crippen molar-refractivity contribution in [3.63, 3.8) is 0 Å². The second kappa shape index (κ2) is 5.39. The molecule has 6 nitrogen and oxygen atoms in total. The summed E-state index contributed by atoms with van der Waals surface area (Å²) in [6.45, 7) is 7.59. The van der Waals surface area contributed by atoms with Gasteiger partial charge in [0.05, 0.1) is 17.6 Å². The third-order valence-corrected chi connectivity index (χ3v) is 5.94. The molecule has 6 heteroatoms. The molecule has 3 aromatic heterocycles. The summed E-state index contributed by atoms with van der Waals surface area (Å²) in [4.78, 5) is 7.39. The maximum absolute atomic E-state index is 4.93. The van der Waals surface area contributed by atoms with Gasteiger partial charge in [-0.05, 0) is 12.8 Å². The molecule has 2 bridgehead atoms. The van der Waals surface area contributed by atoms with Crippen LogP contribution in [0.15, 0.2) is 24.7 Å². The smallest absolute Gasteiger partial charge is 0.155 e. The molecule has 2 aliphatic rings. The first kappa shape index (κ1) is 16.0. The van der Waals surface area contributed by atoms with E-state index in [9.17, 15) is 0 Å². The Labute approximate surface area is 153 Å². The number of rotatable bonds is 2. The molecular formula is C20H26N6. The van der Waals surface area contributed by atoms with E-state index in [4.69, 9.17) is 10.1 Å². The van der Waals surface area contributed by atoms with Crippen LogP contribution < -0.4 is 0 Å². The zero-order valence-electron chi connectivity index (χ0n) is 16.0. The van der Waals surface area contributed by atoms with Gasteiger partial charge in [0.25, 0.3) is 0 Å². The molecule has 0 aromatic carbocycles. The summed E-state index contributed by atoms with van der Waals surface area (Å²) in [6.07, 6.45) is 9.71. The van der Waals surface area contributed by atoms with Gasteiger partial charge in [0, 0.05) is 67.1 Å². The van der Waals surface area contributed by atoms with Gasteiger partial charge in [0.15, 0.2) is 5.65 Å². The average molecular weight is 350 g/mol. The first-order valence-corrected chi connectivity index (χ1v) is 9.51. The van der Waals surface area contributed by atoms with E-state index < -0.39 is 0 Å². The standard InChI is InChI=1S/C20H26N6/c1-20(2,3)18-8-19-21-10-15-16-6-5-14(7-17(15)26(19)23-18)25(16)12-13-9-22-24(4)11-13/h8-11,14,16H,5-7,12H2,1-4H3/t14-,16-/m1/s1. The van der Waals surface area contributed by atoms with E-state index in [1.165, 1.54) is 29.7 Å². The van der Waals surface area contributed by atoms with Gasteiger partial charge in [-0.3, -0.25) is 9.58 Å². The molecular weight excluding hydrogens is 324 g/mol. The Bertz CT molecular complexity index is 976. The van der Waals surface area contributed by atoms with Crippen LogP contribution >= 0.6 is 0 Å². The Morgan fingerprint density at radius 3 is 2.77 bits per heavy atom. The monoisotopic (exact) mass is 350 g/mol. The highest BCUT2D eigenvalue weighted by Gasteiger charge is 2.41. The molecule has 0 aliphatic carbocycles. The van der Waals surface area contributed by atoms with Crippen molar-refractivity contribution >= 4 is 5.65 Å². The highest BCUT2D eigenvalue weighted by Crippen LogP contribution is 2.44. The predicted octanol–water partition coefficient (Wildman–Crippen LogP) is 3.02. The van der Waals surface area contributed by atoms with Gasteiger partial charge in [0.2, 0.25) is 0 Å². The van der Waals surface area contributed by atoms with Crippen molar-refractivity contribution in [3.05, 3.63) is 47.2 Å². The fraction of sp³-hybridized carbons (Fsp3) is 0.550. The van der Waals surface area contributed by atoms with Crippen LogP contribution in [0.3, 0.4) is 0 Å². The minimum atomic E-state index is 0.0422. The van der Waals surface area contributed by atoms with Crippen molar-refractivity contribution in [1.82, 2.24) is 29.3 Å². The summed E-state index contributed by atoms with van der Waals surface area (Å²) in [5.74, 6) is 0. The lowest BCUT2D eigenvalue weighted by Crippen LogP contribution is -2.38. The van der Waals surface area contributed by atoms with Crippen molar-refractivity contribution in [2.75, 3.05) is 0 Å². The van der Waals surface area contributed by atoms with E-state index in [2.05, 4.69) is 53.7 Å². The topological polar surface area (TPSA) is 51.2 Å². The summed E-state index contributed by atoms with van der Waals surface area (Å²) >= 11 is 0. The minimum Gasteiger partial charge on any atom is -0.289 e. The largest absolute Gasteiger partial charge is 0.289 e. The Balaban J connectivity index is 1.54. The predicted molar refractivity (Wildman–Crippen MR) is 99.9 cm³/mol. The number of hydrogen-bond acceptors (Lipinski definition) is 4. The molecule has 3 aromatic rings. The van der Waals surface area contributed by atoms with Gasteiger partial charge in [-0.2, -0.15) is 10.2 Å². The second-order valence-corrected chi connectivity index (χ2v) is 8.86. The molecule has 5 rings (SSSR count). The molecule has 1 saturated heterocycles. The van der Waals surface area contributed by atoms with Crippen LogP contribution in [0.25, 0.3) is 5.65 Å². The lowest BCUT2D eigenvalue weighted by atomic mass is 9.93. The van der Waals surface area contributed by atoms with E-state index >= 15 is 0 Å². The number of aryl methyl sites for hydroxylation is 1. The molecule has 0 N–H and O–H groups in total. The summed E-state index contributed by atoms with van der Waals surface area (Å²) in [5, 5.41) is 9.26. The highest BCUT2D eigenvalue weighted by atomic mass is 15.3. The van der Waals surface area contributed by atoms with Crippen LogP contribution in [0.4, 0.5) is 0 Å². The van der Waals surface area contributed by atoms with Crippen LogP contribution in [0.2, 0.25) is 0 Å². The van der Waals surface area contributed by atoms with E-state index in [0.29, 0.717) is 12.1 Å². The van der Waals surface area contributed by atoms with Gasteiger partial charge >= 0.3 is 0 Å². The minimum absolute atomic E-state index is 0.0422. The van der Waals surface area contributed by atoms with Crippen LogP contribution in [0, 0.1) is 0 Å². The highest BCUT2D eigenvalue weighted by molar-refractivity contribution is 5.45. The number of hydrogen-bond donors (Lipinski definition) is 0. The molecule has 136 valence electrons. The Morgan fingerprint density at radius 2 is 2.04 bits per heavy atom. The van der Waals surface area contributed by atoms with Crippen LogP contribution in [-0.2, 0) is 25.4 Å². The molecule has 0 saturated carbocycles. The van der Waals surface area contributed by atoms with Gasteiger partial charge in [-0.15, -0.1) is 0 Å². The molecule has 26 heavy (non-hydrogen) atoms. The van der Waals surface area contributed by atoms with Crippen molar-refractivity contribution < 1.29 is 0 Å². The quantitative estimate of drug-likeness (QED) is 0.713. The summed E-state index contributed by atoms with van der Waals surface area (Å²) in [7, 11) is 1.98. The zero-order valence-corrected chi connectivity index (χ0v) is 16.0. The van der Waals surface area contributed by atoms with E-state index in [1.807, 2.05) is 17.9 Å². The van der Waals surface area contributed by atoms with Crippen molar-refractivity contribution in [3.8, 4) is 0 Å². The van der Waals surface area contributed by atoms with E-state index in [1.54, 1.807) is 0 Å². The molecule has 0 unspecified atom stereocenters. The first-order chi connectivity index (χ1) is 12.4. The SMILES string of the molecule is Cn1cc(CN2[C@@H]3CC[C@@H]2c2cnc4cc(C(C)(C)C)nn4c2C3)cn1. The van der Waals surface area contributed by atoms with Crippen molar-refractivity contribution in [1.29, 1.82) is 0 Å². The summed E-state index contributed by atoms with van der Waals surface area (Å²) in [6, 6.07) is 3.17. The fourth-order valence-corrected chi connectivity index (χ4v) is 4.56. The number of nitrogens with zero attached hydrogens (tertiary/aromatic N) is 6. The maximum atomic E-state index is 4.93. The fourth-order valence-electron chi connectivity index (χ4n) is 4.56. The number of fused-ring (bicyclic) bond motifs is 6. The molecule has 2 aliphatic heterocycles. The maximum Gasteiger partial charge on any atom is 0.155 e. The first-order valence-electron chi connectivity index (χ1n) is 9.51.